The molecular formula is C35H26Cl3N3O8S2. The predicted octanol–water partition coefficient (Wildman–Crippen LogP) is 8.33. The van der Waals surface area contributed by atoms with E-state index in [4.69, 9.17) is 49.0 Å². The van der Waals surface area contributed by atoms with E-state index in [-0.39, 0.29) is 36.7 Å². The van der Waals surface area contributed by atoms with Crippen molar-refractivity contribution in [3.63, 3.8) is 0 Å². The van der Waals surface area contributed by atoms with Crippen molar-refractivity contribution in [3.8, 4) is 17.2 Å². The number of carbonyl (C=O) groups is 3. The Morgan fingerprint density at radius 1 is 1.00 bits per heavy atom. The summed E-state index contributed by atoms with van der Waals surface area (Å²) in [4.78, 5) is 52.5. The van der Waals surface area contributed by atoms with E-state index in [1.807, 2.05) is 17.5 Å². The van der Waals surface area contributed by atoms with Gasteiger partial charge in [-0.3, -0.25) is 24.6 Å². The number of β-lactam (4-membered cyclic amide) rings is 1. The topological polar surface area (TPSA) is 137 Å². The van der Waals surface area contributed by atoms with Crippen LogP contribution < -0.4 is 14.8 Å². The number of allylic oxidation sites excluding steroid dienone is 1. The van der Waals surface area contributed by atoms with Gasteiger partial charge in [0.15, 0.2) is 11.5 Å². The van der Waals surface area contributed by atoms with E-state index in [9.17, 15) is 24.5 Å². The number of amides is 2. The van der Waals surface area contributed by atoms with Crippen molar-refractivity contribution in [1.29, 1.82) is 0 Å². The van der Waals surface area contributed by atoms with Crippen LogP contribution in [-0.4, -0.2) is 44.8 Å². The quantitative estimate of drug-likeness (QED) is 0.0466. The molecule has 6 rings (SSSR count). The van der Waals surface area contributed by atoms with Crippen molar-refractivity contribution in [2.75, 3.05) is 5.75 Å². The lowest BCUT2D eigenvalue weighted by molar-refractivity contribution is -0.384. The first-order chi connectivity index (χ1) is 24.6. The number of esters is 1. The summed E-state index contributed by atoms with van der Waals surface area (Å²) in [5.74, 6) is -0.142. The van der Waals surface area contributed by atoms with Crippen LogP contribution in [0.4, 0.5) is 5.69 Å². The average molecular weight is 787 g/mol. The molecule has 1 N–H and O–H groups in total. The highest BCUT2D eigenvalue weighted by molar-refractivity contribution is 8.00. The molecule has 1 saturated heterocycles. The molecule has 2 aliphatic rings. The Morgan fingerprint density at radius 2 is 1.75 bits per heavy atom. The van der Waals surface area contributed by atoms with Crippen molar-refractivity contribution >= 4 is 81.4 Å². The smallest absolute Gasteiger partial charge is 0.355 e. The minimum atomic E-state index is -0.809. The molecule has 16 heteroatoms. The lowest BCUT2D eigenvalue weighted by Gasteiger charge is -2.49. The van der Waals surface area contributed by atoms with Crippen LogP contribution >= 0.6 is 57.9 Å². The van der Waals surface area contributed by atoms with Crippen molar-refractivity contribution < 1.29 is 33.5 Å². The number of carbonyl (C=O) groups excluding carboxylic acids is 3. The summed E-state index contributed by atoms with van der Waals surface area (Å²) in [6.07, 6.45) is 3.43. The standard InChI is InChI=1S/C35H26Cl3N3O8S2/c36-22-7-11-27(26(38)15-22)49-28-12-8-23(37)16-29(28)47-13-1-3-21-19-51-34-31(39-30(42)17-25-4-2-14-50-25)33(43)40(34)32(21)35(44)48-18-20-5-9-24(10-6-20)41(45)46/h1-2,4-16,31,34H,3,17-19H2,(H,39,42)/t31?,34-/m0/s1. The summed E-state index contributed by atoms with van der Waals surface area (Å²) in [5, 5.41) is 16.3. The van der Waals surface area contributed by atoms with Crippen LogP contribution in [0.15, 0.2) is 102 Å². The highest BCUT2D eigenvalue weighted by Gasteiger charge is 2.54. The third-order valence-electron chi connectivity index (χ3n) is 7.66. The molecule has 262 valence electrons. The Labute approximate surface area is 314 Å². The summed E-state index contributed by atoms with van der Waals surface area (Å²) in [6, 6.07) is 18.1. The molecular weight excluding hydrogens is 761 g/mol. The second kappa shape index (κ2) is 16.2. The number of rotatable bonds is 13. The Balaban J connectivity index is 1.18. The lowest BCUT2D eigenvalue weighted by Crippen LogP contribution is -2.70. The molecule has 0 spiro atoms. The van der Waals surface area contributed by atoms with Gasteiger partial charge in [0.1, 0.15) is 29.5 Å². The second-order valence-electron chi connectivity index (χ2n) is 11.1. The lowest BCUT2D eigenvalue weighted by atomic mass is 10.0. The van der Waals surface area contributed by atoms with E-state index < -0.39 is 28.2 Å². The molecule has 51 heavy (non-hydrogen) atoms. The van der Waals surface area contributed by atoms with Crippen molar-refractivity contribution in [2.24, 2.45) is 0 Å². The molecule has 1 aromatic heterocycles. The number of fused-ring (bicyclic) bond motifs is 1. The molecule has 0 radical (unpaired) electrons. The number of hydrogen-bond acceptors (Lipinski definition) is 10. The molecule has 11 nitrogen and oxygen atoms in total. The van der Waals surface area contributed by atoms with E-state index in [0.29, 0.717) is 49.2 Å². The summed E-state index contributed by atoms with van der Waals surface area (Å²) in [5.41, 5.74) is 1.10. The Bertz CT molecular complexity index is 2040. The van der Waals surface area contributed by atoms with Crippen molar-refractivity contribution in [2.45, 2.75) is 30.9 Å². The van der Waals surface area contributed by atoms with E-state index >= 15 is 0 Å². The highest BCUT2D eigenvalue weighted by atomic mass is 35.5. The predicted molar refractivity (Wildman–Crippen MR) is 195 cm³/mol. The number of hydrogen-bond donors (Lipinski definition) is 1. The molecule has 1 unspecified atom stereocenters. The molecule has 0 saturated carbocycles. The first-order valence-corrected chi connectivity index (χ1v) is 18.3. The Kier molecular flexibility index (Phi) is 11.5. The highest BCUT2D eigenvalue weighted by Crippen LogP contribution is 2.42. The summed E-state index contributed by atoms with van der Waals surface area (Å²) >= 11 is 21.4. The number of nitrogens with zero attached hydrogens (tertiary/aromatic N) is 2. The summed E-state index contributed by atoms with van der Waals surface area (Å²) in [6.45, 7) is -0.178. The number of nitro benzene ring substituents is 1. The van der Waals surface area contributed by atoms with Gasteiger partial charge in [0, 0.05) is 38.9 Å². The van der Waals surface area contributed by atoms with Crippen LogP contribution in [0.1, 0.15) is 16.9 Å². The number of thiophene rings is 1. The van der Waals surface area contributed by atoms with Gasteiger partial charge < -0.3 is 19.5 Å². The second-order valence-corrected chi connectivity index (χ2v) is 14.5. The van der Waals surface area contributed by atoms with Gasteiger partial charge in [0.05, 0.1) is 22.6 Å². The van der Waals surface area contributed by atoms with Crippen LogP contribution in [0.25, 0.3) is 0 Å². The maximum absolute atomic E-state index is 13.6. The van der Waals surface area contributed by atoms with Crippen molar-refractivity contribution in [3.05, 3.63) is 137 Å². The first-order valence-electron chi connectivity index (χ1n) is 15.2. The average Bonchev–Trinajstić information content (AvgIpc) is 3.62. The van der Waals surface area contributed by atoms with Gasteiger partial charge >= 0.3 is 5.97 Å². The number of nitro groups is 1. The van der Waals surface area contributed by atoms with Crippen molar-refractivity contribution in [1.82, 2.24) is 10.2 Å². The zero-order valence-electron chi connectivity index (χ0n) is 26.3. The van der Waals surface area contributed by atoms with Crippen LogP contribution in [0, 0.1) is 10.1 Å². The Hall–Kier alpha value is -4.53. The van der Waals surface area contributed by atoms with Gasteiger partial charge in [-0.15, -0.1) is 23.1 Å². The first kappa shape index (κ1) is 36.3. The van der Waals surface area contributed by atoms with Crippen LogP contribution in [0.2, 0.25) is 15.1 Å². The molecule has 0 bridgehead atoms. The molecule has 1 fully saturated rings. The largest absolute Gasteiger partial charge is 0.461 e. The molecule has 3 aromatic carbocycles. The van der Waals surface area contributed by atoms with Gasteiger partial charge in [0.25, 0.3) is 11.6 Å². The molecule has 2 aliphatic heterocycles. The van der Waals surface area contributed by atoms with E-state index in [0.717, 1.165) is 4.88 Å². The Morgan fingerprint density at radius 3 is 2.45 bits per heavy atom. The SMILES string of the molecule is O=C(Cc1cccs1)NC1C(=O)N2C(C(=O)OCc3ccc([N+](=O)[O-])cc3)=C(CC=COc3cc(Cl)ccc3Oc3ccc(Cl)cc3Cl)CS[C@@H]12. The van der Waals surface area contributed by atoms with Crippen LogP contribution in [0.5, 0.6) is 17.2 Å². The fourth-order valence-electron chi connectivity index (χ4n) is 5.20. The number of benzene rings is 3. The van der Waals surface area contributed by atoms with Crippen LogP contribution in [0.3, 0.4) is 0 Å². The third-order valence-corrected chi connectivity index (χ3v) is 10.6. The minimum Gasteiger partial charge on any atom is -0.461 e. The fraction of sp³-hybridized carbons (Fsp3) is 0.171. The molecule has 2 amide bonds. The number of non-ortho nitro benzene ring substituents is 1. The van der Waals surface area contributed by atoms with Gasteiger partial charge in [-0.2, -0.15) is 0 Å². The van der Waals surface area contributed by atoms with E-state index in [1.54, 1.807) is 42.5 Å². The molecule has 0 aliphatic carbocycles. The monoisotopic (exact) mass is 785 g/mol. The number of nitrogens with one attached hydrogen (secondary N) is 1. The fourth-order valence-corrected chi connectivity index (χ4v) is 7.88. The number of halogens is 3. The van der Waals surface area contributed by atoms with E-state index in [1.165, 1.54) is 58.5 Å². The molecule has 2 atom stereocenters. The summed E-state index contributed by atoms with van der Waals surface area (Å²) in [7, 11) is 0. The zero-order valence-corrected chi connectivity index (χ0v) is 30.2. The zero-order chi connectivity index (χ0) is 36.1. The maximum atomic E-state index is 13.6. The van der Waals surface area contributed by atoms with Gasteiger partial charge in [-0.1, -0.05) is 40.9 Å². The van der Waals surface area contributed by atoms with Gasteiger partial charge in [-0.05, 0) is 77.5 Å². The van der Waals surface area contributed by atoms with Crippen LogP contribution in [-0.2, 0) is 32.1 Å². The normalized spacial score (nSPS) is 16.8. The maximum Gasteiger partial charge on any atom is 0.355 e. The number of thioether (sulfide) groups is 1. The summed E-state index contributed by atoms with van der Waals surface area (Å²) < 4.78 is 17.4. The number of ether oxygens (including phenoxy) is 3. The van der Waals surface area contributed by atoms with Gasteiger partial charge in [-0.25, -0.2) is 4.79 Å². The minimum absolute atomic E-state index is 0.0724. The molecule has 4 aromatic rings. The van der Waals surface area contributed by atoms with Gasteiger partial charge in [0.2, 0.25) is 5.91 Å². The third kappa shape index (κ3) is 8.68. The van der Waals surface area contributed by atoms with E-state index in [2.05, 4.69) is 5.32 Å². The molecule has 3 heterocycles.